The zero-order valence-electron chi connectivity index (χ0n) is 5.69. The lowest BCUT2D eigenvalue weighted by Gasteiger charge is -1.96. The fraction of sp³-hybridized carbons (Fsp3) is 0.286. The summed E-state index contributed by atoms with van der Waals surface area (Å²) < 4.78 is 5.05. The largest absolute Gasteiger partial charge is 0.469 e. The molecule has 3 nitrogen and oxygen atoms in total. The average Bonchev–Trinajstić information content (AvgIpc) is 2.38. The van der Waals surface area contributed by atoms with Crippen LogP contribution in [0.5, 0.6) is 0 Å². The predicted molar refractivity (Wildman–Crippen MR) is 37.4 cm³/mol. The molecule has 10 heavy (non-hydrogen) atoms. The summed E-state index contributed by atoms with van der Waals surface area (Å²) in [6.07, 6.45) is 3.01. The van der Waals surface area contributed by atoms with Crippen molar-refractivity contribution in [2.24, 2.45) is 5.16 Å². The Balaban J connectivity index is 2.67. The van der Waals surface area contributed by atoms with Crippen LogP contribution in [0.4, 0.5) is 0 Å². The van der Waals surface area contributed by atoms with Gasteiger partial charge in [0.25, 0.3) is 0 Å². The Hall–Kier alpha value is -1.25. The summed E-state index contributed by atoms with van der Waals surface area (Å²) >= 11 is 0. The van der Waals surface area contributed by atoms with E-state index in [9.17, 15) is 0 Å². The number of oxime groups is 1. The second-order valence-electron chi connectivity index (χ2n) is 2.07. The monoisotopic (exact) mass is 139 g/mol. The number of hydrogen-bond acceptors (Lipinski definition) is 3. The summed E-state index contributed by atoms with van der Waals surface area (Å²) in [6, 6.07) is 3.64. The molecule has 0 saturated heterocycles. The van der Waals surface area contributed by atoms with Crippen LogP contribution in [-0.4, -0.2) is 11.4 Å². The van der Waals surface area contributed by atoms with E-state index in [2.05, 4.69) is 5.16 Å². The maximum atomic E-state index is 8.16. The molecule has 0 aromatic carbocycles. The molecule has 1 atom stereocenters. The van der Waals surface area contributed by atoms with Gasteiger partial charge in [-0.15, -0.1) is 5.16 Å². The molecule has 0 aliphatic heterocycles. The highest BCUT2D eigenvalue weighted by atomic mass is 16.4. The molecule has 1 rings (SSSR count). The van der Waals surface area contributed by atoms with Gasteiger partial charge in [-0.1, -0.05) is 6.92 Å². The van der Waals surface area contributed by atoms with Crippen LogP contribution in [-0.2, 0) is 0 Å². The van der Waals surface area contributed by atoms with Gasteiger partial charge in [-0.2, -0.15) is 0 Å². The average molecular weight is 139 g/mol. The van der Waals surface area contributed by atoms with Crippen molar-refractivity contribution in [2.45, 2.75) is 12.8 Å². The van der Waals surface area contributed by atoms with Crippen LogP contribution in [0.15, 0.2) is 28.0 Å². The van der Waals surface area contributed by atoms with Gasteiger partial charge in [0.15, 0.2) is 0 Å². The van der Waals surface area contributed by atoms with Crippen LogP contribution in [0.2, 0.25) is 0 Å². The maximum absolute atomic E-state index is 8.16. The summed E-state index contributed by atoms with van der Waals surface area (Å²) in [5.41, 5.74) is 0. The van der Waals surface area contributed by atoms with Crippen LogP contribution in [0, 0.1) is 0 Å². The standard InChI is InChI=1S/C7H9NO2/c1-6(5-8-9)7-3-2-4-10-7/h2-6,9H,1H3/t6-/m1/s1. The maximum Gasteiger partial charge on any atom is 0.112 e. The topological polar surface area (TPSA) is 45.7 Å². The SMILES string of the molecule is C[C@H](C=NO)c1ccco1. The number of furan rings is 1. The Bertz CT molecular complexity index is 203. The lowest BCUT2D eigenvalue weighted by Crippen LogP contribution is -1.90. The quantitative estimate of drug-likeness (QED) is 0.386. The van der Waals surface area contributed by atoms with E-state index in [4.69, 9.17) is 9.62 Å². The van der Waals surface area contributed by atoms with E-state index in [-0.39, 0.29) is 5.92 Å². The van der Waals surface area contributed by atoms with E-state index >= 15 is 0 Å². The van der Waals surface area contributed by atoms with Gasteiger partial charge >= 0.3 is 0 Å². The van der Waals surface area contributed by atoms with Crippen LogP contribution in [0.3, 0.4) is 0 Å². The molecular formula is C7H9NO2. The molecule has 0 saturated carbocycles. The Labute approximate surface area is 59.0 Å². The summed E-state index contributed by atoms with van der Waals surface area (Å²) in [7, 11) is 0. The van der Waals surface area contributed by atoms with Crippen molar-refractivity contribution in [3.05, 3.63) is 24.2 Å². The number of hydrogen-bond donors (Lipinski definition) is 1. The van der Waals surface area contributed by atoms with Crippen molar-refractivity contribution < 1.29 is 9.62 Å². The van der Waals surface area contributed by atoms with Crippen molar-refractivity contribution >= 4 is 6.21 Å². The first-order valence-electron chi connectivity index (χ1n) is 3.05. The first kappa shape index (κ1) is 6.86. The van der Waals surface area contributed by atoms with Crippen LogP contribution in [0.1, 0.15) is 18.6 Å². The van der Waals surface area contributed by atoms with Gasteiger partial charge in [-0.25, -0.2) is 0 Å². The van der Waals surface area contributed by atoms with Gasteiger partial charge < -0.3 is 9.62 Å². The smallest absolute Gasteiger partial charge is 0.112 e. The van der Waals surface area contributed by atoms with E-state index in [1.54, 1.807) is 12.3 Å². The van der Waals surface area contributed by atoms with Gasteiger partial charge in [0.2, 0.25) is 0 Å². The molecular weight excluding hydrogens is 130 g/mol. The Morgan fingerprint density at radius 1 is 1.80 bits per heavy atom. The fourth-order valence-electron chi connectivity index (χ4n) is 0.724. The molecule has 1 aromatic rings. The zero-order chi connectivity index (χ0) is 7.40. The first-order valence-corrected chi connectivity index (χ1v) is 3.05. The normalized spacial score (nSPS) is 14.1. The van der Waals surface area contributed by atoms with Gasteiger partial charge in [0.05, 0.1) is 18.4 Å². The first-order chi connectivity index (χ1) is 4.84. The lowest BCUT2D eigenvalue weighted by atomic mass is 10.1. The molecule has 0 radical (unpaired) electrons. The zero-order valence-corrected chi connectivity index (χ0v) is 5.69. The fourth-order valence-corrected chi connectivity index (χ4v) is 0.724. The second kappa shape index (κ2) is 3.06. The Morgan fingerprint density at radius 3 is 3.10 bits per heavy atom. The van der Waals surface area contributed by atoms with E-state index in [1.165, 1.54) is 6.21 Å². The minimum absolute atomic E-state index is 0.0417. The third-order valence-electron chi connectivity index (χ3n) is 1.28. The highest BCUT2D eigenvalue weighted by molar-refractivity contribution is 5.65. The van der Waals surface area contributed by atoms with Crippen molar-refractivity contribution in [2.75, 3.05) is 0 Å². The van der Waals surface area contributed by atoms with Crippen molar-refractivity contribution in [3.63, 3.8) is 0 Å². The minimum atomic E-state index is 0.0417. The molecule has 0 aliphatic rings. The summed E-state index contributed by atoms with van der Waals surface area (Å²) in [5.74, 6) is 0.845. The van der Waals surface area contributed by atoms with Gasteiger partial charge in [0.1, 0.15) is 5.76 Å². The molecule has 0 bridgehead atoms. The third-order valence-corrected chi connectivity index (χ3v) is 1.28. The molecule has 0 unspecified atom stereocenters. The highest BCUT2D eigenvalue weighted by Crippen LogP contribution is 2.12. The number of rotatable bonds is 2. The number of nitrogens with zero attached hydrogens (tertiary/aromatic N) is 1. The van der Waals surface area contributed by atoms with E-state index in [0.717, 1.165) is 5.76 Å². The Morgan fingerprint density at radius 2 is 2.60 bits per heavy atom. The van der Waals surface area contributed by atoms with Crippen molar-refractivity contribution in [1.82, 2.24) is 0 Å². The van der Waals surface area contributed by atoms with Crippen molar-refractivity contribution in [1.29, 1.82) is 0 Å². The molecule has 0 aliphatic carbocycles. The van der Waals surface area contributed by atoms with E-state index in [0.29, 0.717) is 0 Å². The lowest BCUT2D eigenvalue weighted by molar-refractivity contribution is 0.319. The molecule has 3 heteroatoms. The molecule has 54 valence electrons. The van der Waals surface area contributed by atoms with Crippen LogP contribution < -0.4 is 0 Å². The molecule has 0 spiro atoms. The van der Waals surface area contributed by atoms with Gasteiger partial charge in [-0.05, 0) is 12.1 Å². The molecule has 1 N–H and O–H groups in total. The molecule has 1 heterocycles. The van der Waals surface area contributed by atoms with Crippen LogP contribution >= 0.6 is 0 Å². The van der Waals surface area contributed by atoms with Gasteiger partial charge in [-0.3, -0.25) is 0 Å². The van der Waals surface area contributed by atoms with Crippen LogP contribution in [0.25, 0.3) is 0 Å². The van der Waals surface area contributed by atoms with E-state index in [1.807, 2.05) is 13.0 Å². The molecule has 0 amide bonds. The molecule has 0 fully saturated rings. The minimum Gasteiger partial charge on any atom is -0.469 e. The Kier molecular flexibility index (Phi) is 2.10. The summed E-state index contributed by atoms with van der Waals surface area (Å²) in [4.78, 5) is 0. The van der Waals surface area contributed by atoms with Gasteiger partial charge in [0, 0.05) is 0 Å². The second-order valence-corrected chi connectivity index (χ2v) is 2.07. The van der Waals surface area contributed by atoms with E-state index < -0.39 is 0 Å². The third kappa shape index (κ3) is 1.37. The molecule has 1 aromatic heterocycles. The predicted octanol–water partition coefficient (Wildman–Crippen LogP) is 1.84. The highest BCUT2D eigenvalue weighted by Gasteiger charge is 2.03. The van der Waals surface area contributed by atoms with Crippen molar-refractivity contribution in [3.8, 4) is 0 Å². The summed E-state index contributed by atoms with van der Waals surface area (Å²) in [6.45, 7) is 1.89. The summed E-state index contributed by atoms with van der Waals surface area (Å²) in [5, 5.41) is 11.1.